The largest absolute Gasteiger partial charge is 0.508 e. The number of phenols is 1. The number of urea groups is 1. The van der Waals surface area contributed by atoms with Gasteiger partial charge >= 0.3 is 12.0 Å². The molecule has 3 aliphatic rings. The Hall–Kier alpha value is -7.15. The van der Waals surface area contributed by atoms with Gasteiger partial charge in [-0.2, -0.15) is 0 Å². The molecule has 11 nitrogen and oxygen atoms in total. The number of ether oxygens (including phenoxy) is 1. The lowest BCUT2D eigenvalue weighted by Crippen LogP contribution is -2.55. The van der Waals surface area contributed by atoms with Crippen molar-refractivity contribution in [2.75, 3.05) is 10.2 Å². The minimum absolute atomic E-state index is 0.00801. The van der Waals surface area contributed by atoms with E-state index in [0.717, 1.165) is 26.3 Å². The number of morpholine rings is 1. The molecular formula is C49H39N5O6S. The number of aromatic nitrogens is 1. The Kier molecular flexibility index (Phi) is 9.46. The number of cyclic esters (lactones) is 1. The van der Waals surface area contributed by atoms with E-state index in [1.165, 1.54) is 23.5 Å². The Balaban J connectivity index is 1.22. The number of thiazole rings is 1. The minimum Gasteiger partial charge on any atom is -0.508 e. The molecule has 2 fully saturated rings. The van der Waals surface area contributed by atoms with Crippen molar-refractivity contribution in [3.05, 3.63) is 192 Å². The average Bonchev–Trinajstić information content (AvgIpc) is 3.93. The Morgan fingerprint density at radius 3 is 2.07 bits per heavy atom. The minimum atomic E-state index is -1.91. The summed E-state index contributed by atoms with van der Waals surface area (Å²) in [5.74, 6) is -3.49. The molecule has 0 aliphatic carbocycles. The highest BCUT2D eigenvalue weighted by Gasteiger charge is 2.75. The van der Waals surface area contributed by atoms with Gasteiger partial charge in [-0.3, -0.25) is 19.3 Å². The van der Waals surface area contributed by atoms with Crippen molar-refractivity contribution in [1.29, 1.82) is 0 Å². The average molecular weight is 826 g/mol. The molecule has 1 spiro atoms. The molecule has 2 saturated heterocycles. The normalized spacial score (nSPS) is 23.6. The number of anilines is 2. The van der Waals surface area contributed by atoms with E-state index in [1.54, 1.807) is 36.4 Å². The van der Waals surface area contributed by atoms with Crippen LogP contribution in [-0.2, 0) is 24.5 Å². The van der Waals surface area contributed by atoms with Crippen LogP contribution < -0.4 is 15.5 Å². The third-order valence-electron chi connectivity index (χ3n) is 12.2. The van der Waals surface area contributed by atoms with E-state index in [0.29, 0.717) is 16.6 Å². The molecule has 0 saturated carbocycles. The van der Waals surface area contributed by atoms with Crippen molar-refractivity contribution in [3.63, 3.8) is 0 Å². The molecule has 6 aromatic carbocycles. The highest BCUT2D eigenvalue weighted by atomic mass is 32.1. The molecule has 61 heavy (non-hydrogen) atoms. The summed E-state index contributed by atoms with van der Waals surface area (Å²) in [6, 6.07) is 45.0. The standard InChI is InChI=1S/C49H39N5O6S/c1-29(30-15-5-2-6-16-30)50-48(59)53-37-23-13-11-21-35(37)49(46(53)58)39(44(56)52-47-51-36-22-12-14-24-38(36)61-47)41-45(57)60-42(32-19-9-4-10-20-32)40(31-17-7-3-8-18-31)54(41)43(49)33-25-27-34(55)28-26-33/h2-29,39-43,55H,1H3,(H,50,59)(H,51,52,56)/t29-,39+,40+,41+,42-,43-,49+/m1/s1. The van der Waals surface area contributed by atoms with Crippen LogP contribution in [0.2, 0.25) is 0 Å². The van der Waals surface area contributed by atoms with Crippen molar-refractivity contribution in [2.45, 2.75) is 42.6 Å². The molecular weight excluding hydrogens is 787 g/mol. The zero-order valence-electron chi connectivity index (χ0n) is 32.8. The number of amides is 4. The van der Waals surface area contributed by atoms with Crippen molar-refractivity contribution >= 4 is 56.2 Å². The molecule has 0 unspecified atom stereocenters. The molecule has 3 aliphatic heterocycles. The summed E-state index contributed by atoms with van der Waals surface area (Å²) in [5.41, 5.74) is 2.33. The number of nitrogens with one attached hydrogen (secondary N) is 2. The van der Waals surface area contributed by atoms with Crippen molar-refractivity contribution in [2.24, 2.45) is 5.92 Å². The first-order valence-corrected chi connectivity index (χ1v) is 20.9. The Bertz CT molecular complexity index is 2770. The van der Waals surface area contributed by atoms with Gasteiger partial charge in [0.15, 0.2) is 5.13 Å². The molecule has 0 radical (unpaired) electrons. The van der Waals surface area contributed by atoms with Gasteiger partial charge in [0.2, 0.25) is 11.8 Å². The molecule has 12 heteroatoms. The van der Waals surface area contributed by atoms with Crippen LogP contribution in [0.1, 0.15) is 59.0 Å². The number of imide groups is 1. The first-order chi connectivity index (χ1) is 29.8. The van der Waals surface area contributed by atoms with Crippen LogP contribution >= 0.6 is 11.3 Å². The van der Waals surface area contributed by atoms with Gasteiger partial charge in [-0.15, -0.1) is 0 Å². The lowest BCUT2D eigenvalue weighted by Gasteiger charge is -2.46. The highest BCUT2D eigenvalue weighted by molar-refractivity contribution is 7.22. The number of nitrogens with zero attached hydrogens (tertiary/aromatic N) is 3. The number of carbonyl (C=O) groups is 4. The second-order valence-corrected chi connectivity index (χ2v) is 16.6. The zero-order valence-corrected chi connectivity index (χ0v) is 33.6. The van der Waals surface area contributed by atoms with Crippen LogP contribution in [0.25, 0.3) is 10.2 Å². The summed E-state index contributed by atoms with van der Waals surface area (Å²) in [5, 5.41) is 17.0. The number of aromatic hydroxyl groups is 1. The Morgan fingerprint density at radius 2 is 1.36 bits per heavy atom. The maximum absolute atomic E-state index is 16.2. The first-order valence-electron chi connectivity index (χ1n) is 20.1. The van der Waals surface area contributed by atoms with E-state index in [9.17, 15) is 9.90 Å². The number of esters is 1. The summed E-state index contributed by atoms with van der Waals surface area (Å²) in [4.78, 5) is 69.5. The van der Waals surface area contributed by atoms with Crippen LogP contribution in [0.5, 0.6) is 5.75 Å². The number of carbonyl (C=O) groups excluding carboxylic acids is 4. The molecule has 1 aromatic heterocycles. The zero-order chi connectivity index (χ0) is 41.8. The topological polar surface area (TPSA) is 141 Å². The third-order valence-corrected chi connectivity index (χ3v) is 13.2. The van der Waals surface area contributed by atoms with Gasteiger partial charge in [0, 0.05) is 0 Å². The summed E-state index contributed by atoms with van der Waals surface area (Å²) in [6.07, 6.45) is -0.868. The SMILES string of the molecule is C[C@@H](NC(=O)N1C(=O)[C@@]2(c3ccccc31)[C@H](C(=O)Nc1nc3ccccc3s1)[C@H]1C(=O)O[C@H](c3ccccc3)[C@H](c3ccccc3)N1[C@@H]2c1ccc(O)cc1)c1ccccc1. The number of phenolic OH excluding ortho intramolecular Hbond substituents is 1. The fourth-order valence-corrected chi connectivity index (χ4v) is 10.6. The van der Waals surface area contributed by atoms with E-state index < -0.39 is 65.4 Å². The molecule has 7 aromatic rings. The fraction of sp³-hybridized carbons (Fsp3) is 0.163. The second-order valence-electron chi connectivity index (χ2n) is 15.6. The Labute approximate surface area is 355 Å². The van der Waals surface area contributed by atoms with E-state index in [4.69, 9.17) is 9.72 Å². The monoisotopic (exact) mass is 825 g/mol. The van der Waals surface area contributed by atoms with Crippen LogP contribution in [0.4, 0.5) is 15.6 Å². The van der Waals surface area contributed by atoms with Crippen LogP contribution in [-0.4, -0.2) is 44.8 Å². The smallest absolute Gasteiger partial charge is 0.329 e. The highest BCUT2D eigenvalue weighted by Crippen LogP contribution is 2.66. The fourth-order valence-electron chi connectivity index (χ4n) is 9.70. The van der Waals surface area contributed by atoms with E-state index in [1.807, 2.05) is 127 Å². The molecule has 4 heterocycles. The lowest BCUT2D eigenvalue weighted by atomic mass is 9.65. The molecule has 4 amide bonds. The van der Waals surface area contributed by atoms with Crippen molar-refractivity contribution in [1.82, 2.24) is 15.2 Å². The predicted molar refractivity (Wildman–Crippen MR) is 232 cm³/mol. The van der Waals surface area contributed by atoms with Gasteiger partial charge in [0.25, 0.3) is 0 Å². The number of rotatable bonds is 7. The summed E-state index contributed by atoms with van der Waals surface area (Å²) < 4.78 is 7.36. The first kappa shape index (κ1) is 38.1. The van der Waals surface area contributed by atoms with Crippen LogP contribution in [0.3, 0.4) is 0 Å². The number of hydrogen-bond donors (Lipinski definition) is 3. The third kappa shape index (κ3) is 6.17. The number of para-hydroxylation sites is 2. The molecule has 7 atom stereocenters. The van der Waals surface area contributed by atoms with Gasteiger partial charge in [0.05, 0.1) is 39.9 Å². The second kappa shape index (κ2) is 15.1. The predicted octanol–water partition coefficient (Wildman–Crippen LogP) is 8.78. The van der Waals surface area contributed by atoms with E-state index in [2.05, 4.69) is 10.6 Å². The summed E-state index contributed by atoms with van der Waals surface area (Å²) >= 11 is 1.28. The van der Waals surface area contributed by atoms with Gasteiger partial charge in [0.1, 0.15) is 23.3 Å². The number of hydrogen-bond acceptors (Lipinski definition) is 9. The van der Waals surface area contributed by atoms with Gasteiger partial charge in [-0.05, 0) is 65.1 Å². The van der Waals surface area contributed by atoms with Crippen molar-refractivity contribution in [3.8, 4) is 5.75 Å². The quantitative estimate of drug-likeness (QED) is 0.136. The maximum Gasteiger partial charge on any atom is 0.329 e. The Morgan fingerprint density at radius 1 is 0.738 bits per heavy atom. The van der Waals surface area contributed by atoms with Gasteiger partial charge in [-0.1, -0.05) is 145 Å². The van der Waals surface area contributed by atoms with Gasteiger partial charge in [-0.25, -0.2) is 14.7 Å². The lowest BCUT2D eigenvalue weighted by molar-refractivity contribution is -0.177. The number of fused-ring (bicyclic) bond motifs is 4. The van der Waals surface area contributed by atoms with Crippen LogP contribution in [0.15, 0.2) is 164 Å². The molecule has 3 N–H and O–H groups in total. The van der Waals surface area contributed by atoms with Gasteiger partial charge < -0.3 is 20.5 Å². The van der Waals surface area contributed by atoms with Crippen molar-refractivity contribution < 1.29 is 29.0 Å². The summed E-state index contributed by atoms with van der Waals surface area (Å²) in [7, 11) is 0. The van der Waals surface area contributed by atoms with E-state index >= 15 is 14.4 Å². The summed E-state index contributed by atoms with van der Waals surface area (Å²) in [6.45, 7) is 1.84. The molecule has 0 bridgehead atoms. The maximum atomic E-state index is 16.2. The molecule has 10 rings (SSSR count). The molecule has 302 valence electrons. The van der Waals surface area contributed by atoms with Crippen LogP contribution in [0, 0.1) is 5.92 Å². The number of benzene rings is 6. The van der Waals surface area contributed by atoms with E-state index in [-0.39, 0.29) is 16.6 Å².